The van der Waals surface area contributed by atoms with Gasteiger partial charge in [0.05, 0.1) is 10.4 Å². The number of hydrogen-bond donors (Lipinski definition) is 0. The molecule has 1 aliphatic carbocycles. The van der Waals surface area contributed by atoms with Crippen molar-refractivity contribution in [3.05, 3.63) is 45.0 Å². The Hall–Kier alpha value is -2.01. The normalized spacial score (nSPS) is 13.5. The number of hydrogen-bond acceptors (Lipinski definition) is 5. The van der Waals surface area contributed by atoms with Crippen molar-refractivity contribution >= 4 is 28.7 Å². The van der Waals surface area contributed by atoms with E-state index in [1.807, 2.05) is 0 Å². The molecule has 2 aromatic heterocycles. The summed E-state index contributed by atoms with van der Waals surface area (Å²) in [6.07, 6.45) is 0. The fourth-order valence-electron chi connectivity index (χ4n) is 1.81. The molecule has 0 amide bonds. The zero-order valence-corrected chi connectivity index (χ0v) is 9.59. The van der Waals surface area contributed by atoms with Gasteiger partial charge in [-0.05, 0) is 17.5 Å². The van der Waals surface area contributed by atoms with Gasteiger partial charge in [-0.3, -0.25) is 14.4 Å². The molecule has 0 bridgehead atoms. The van der Waals surface area contributed by atoms with Crippen LogP contribution in [0.1, 0.15) is 48.8 Å². The summed E-state index contributed by atoms with van der Waals surface area (Å²) in [7, 11) is 0. The summed E-state index contributed by atoms with van der Waals surface area (Å²) in [5, 5.41) is 1.69. The Balaban J connectivity index is 2.27. The number of furan rings is 1. The minimum atomic E-state index is -0.322. The van der Waals surface area contributed by atoms with Gasteiger partial charge < -0.3 is 4.42 Å². The van der Waals surface area contributed by atoms with E-state index < -0.39 is 0 Å². The molecule has 0 radical (unpaired) electrons. The lowest BCUT2D eigenvalue weighted by atomic mass is 9.95. The molecule has 0 spiro atoms. The molecule has 3 rings (SSSR count). The van der Waals surface area contributed by atoms with Crippen LogP contribution < -0.4 is 0 Å². The number of fused-ring (bicyclic) bond motifs is 2. The van der Waals surface area contributed by atoms with Crippen LogP contribution in [0.25, 0.3) is 0 Å². The van der Waals surface area contributed by atoms with Crippen molar-refractivity contribution in [1.82, 2.24) is 0 Å². The van der Waals surface area contributed by atoms with Gasteiger partial charge in [0.25, 0.3) is 0 Å². The number of carbonyl (C=O) groups is 3. The molecule has 0 atom stereocenters. The van der Waals surface area contributed by atoms with Crippen LogP contribution in [0.3, 0.4) is 0 Å². The van der Waals surface area contributed by atoms with E-state index in [9.17, 15) is 14.4 Å². The molecule has 0 saturated carbocycles. The second-order valence-corrected chi connectivity index (χ2v) is 4.65. The quantitative estimate of drug-likeness (QED) is 0.618. The lowest BCUT2D eigenvalue weighted by Gasteiger charge is -2.07. The van der Waals surface area contributed by atoms with Gasteiger partial charge in [-0.2, -0.15) is 0 Å². The lowest BCUT2D eigenvalue weighted by molar-refractivity contribution is 0.0950. The molecule has 5 heteroatoms. The van der Waals surface area contributed by atoms with Crippen molar-refractivity contribution in [2.45, 2.75) is 6.92 Å². The molecule has 2 aromatic rings. The summed E-state index contributed by atoms with van der Waals surface area (Å²) in [4.78, 5) is 35.6. The zero-order valence-electron chi connectivity index (χ0n) is 8.77. The largest absolute Gasteiger partial charge is 0.449 e. The van der Waals surface area contributed by atoms with Gasteiger partial charge in [-0.25, -0.2) is 0 Å². The van der Waals surface area contributed by atoms with Gasteiger partial charge in [0.2, 0.25) is 5.78 Å². The van der Waals surface area contributed by atoms with Crippen molar-refractivity contribution in [2.75, 3.05) is 0 Å². The molecule has 0 aromatic carbocycles. The summed E-state index contributed by atoms with van der Waals surface area (Å²) in [6, 6.07) is 2.96. The van der Waals surface area contributed by atoms with Gasteiger partial charge in [0.1, 0.15) is 0 Å². The van der Waals surface area contributed by atoms with Crippen molar-refractivity contribution < 1.29 is 18.8 Å². The predicted molar refractivity (Wildman–Crippen MR) is 59.9 cm³/mol. The van der Waals surface area contributed by atoms with Gasteiger partial charge in [0.15, 0.2) is 23.1 Å². The molecule has 0 saturated heterocycles. The molecule has 1 aliphatic rings. The van der Waals surface area contributed by atoms with Gasteiger partial charge in [0, 0.05) is 12.5 Å². The van der Waals surface area contributed by atoms with Crippen LogP contribution >= 0.6 is 11.3 Å². The Kier molecular flexibility index (Phi) is 1.94. The molecular formula is C12H6O4S. The van der Waals surface area contributed by atoms with E-state index in [0.29, 0.717) is 10.4 Å². The molecule has 4 nitrogen and oxygen atoms in total. The Labute approximate surface area is 99.9 Å². The molecule has 2 heterocycles. The SMILES string of the molecule is CC(=O)c1cc2c(o1)C(=O)c1sccc1C2=O. The standard InChI is InChI=1S/C12H6O4S/c1-5(13)8-4-7-9(14)6-2-3-17-12(6)10(15)11(7)16-8/h2-4H,1H3. The number of ketones is 3. The molecule has 0 N–H and O–H groups in total. The van der Waals surface area contributed by atoms with Crippen LogP contribution in [0.15, 0.2) is 21.9 Å². The van der Waals surface area contributed by atoms with Crippen LogP contribution in [0.5, 0.6) is 0 Å². The number of thiophene rings is 1. The smallest absolute Gasteiger partial charge is 0.239 e. The van der Waals surface area contributed by atoms with Crippen LogP contribution in [0.2, 0.25) is 0 Å². The fraction of sp³-hybridized carbons (Fsp3) is 0.0833. The zero-order chi connectivity index (χ0) is 12.2. The number of rotatable bonds is 1. The third-order valence-electron chi connectivity index (χ3n) is 2.65. The highest BCUT2D eigenvalue weighted by Gasteiger charge is 2.35. The molecule has 0 unspecified atom stereocenters. The average molecular weight is 246 g/mol. The number of Topliss-reactive ketones (excluding diaryl/α,β-unsaturated/α-hetero) is 1. The molecule has 84 valence electrons. The van der Waals surface area contributed by atoms with Crippen molar-refractivity contribution in [2.24, 2.45) is 0 Å². The summed E-state index contributed by atoms with van der Waals surface area (Å²) in [6.45, 7) is 1.33. The van der Waals surface area contributed by atoms with Gasteiger partial charge in [-0.15, -0.1) is 11.3 Å². The fourth-order valence-corrected chi connectivity index (χ4v) is 2.64. The van der Waals surface area contributed by atoms with E-state index in [-0.39, 0.29) is 34.4 Å². The molecule has 17 heavy (non-hydrogen) atoms. The Morgan fingerprint density at radius 2 is 2.00 bits per heavy atom. The first-order valence-corrected chi connectivity index (χ1v) is 5.79. The van der Waals surface area contributed by atoms with Crippen LogP contribution in [-0.4, -0.2) is 17.3 Å². The minimum Gasteiger partial charge on any atom is -0.449 e. The minimum absolute atomic E-state index is 0.0184. The molecule has 0 fully saturated rings. The van der Waals surface area contributed by atoms with E-state index in [1.54, 1.807) is 11.4 Å². The highest BCUT2D eigenvalue weighted by Crippen LogP contribution is 2.32. The third-order valence-corrected chi connectivity index (χ3v) is 3.56. The topological polar surface area (TPSA) is 64.3 Å². The van der Waals surface area contributed by atoms with E-state index in [1.165, 1.54) is 24.3 Å². The summed E-state index contributed by atoms with van der Waals surface area (Å²) >= 11 is 1.20. The average Bonchev–Trinajstić information content (AvgIpc) is 2.92. The van der Waals surface area contributed by atoms with Crippen LogP contribution in [0, 0.1) is 0 Å². The van der Waals surface area contributed by atoms with Gasteiger partial charge >= 0.3 is 0 Å². The lowest BCUT2D eigenvalue weighted by Crippen LogP contribution is -2.16. The first-order chi connectivity index (χ1) is 8.09. The summed E-state index contributed by atoms with van der Waals surface area (Å²) < 4.78 is 5.16. The van der Waals surface area contributed by atoms with Crippen molar-refractivity contribution in [3.63, 3.8) is 0 Å². The summed E-state index contributed by atoms with van der Waals surface area (Å²) in [5.41, 5.74) is 0.578. The summed E-state index contributed by atoms with van der Waals surface area (Å²) in [5.74, 6) is -0.852. The first-order valence-electron chi connectivity index (χ1n) is 4.91. The van der Waals surface area contributed by atoms with Crippen molar-refractivity contribution in [3.8, 4) is 0 Å². The van der Waals surface area contributed by atoms with E-state index in [0.717, 1.165) is 0 Å². The first kappa shape index (κ1) is 10.2. The molecular weight excluding hydrogens is 240 g/mol. The second kappa shape index (κ2) is 3.24. The van der Waals surface area contributed by atoms with Crippen LogP contribution in [0.4, 0.5) is 0 Å². The third kappa shape index (κ3) is 1.26. The van der Waals surface area contributed by atoms with E-state index in [2.05, 4.69) is 0 Å². The maximum absolute atomic E-state index is 12.0. The van der Waals surface area contributed by atoms with Crippen LogP contribution in [-0.2, 0) is 0 Å². The van der Waals surface area contributed by atoms with Gasteiger partial charge in [-0.1, -0.05) is 0 Å². The highest BCUT2D eigenvalue weighted by atomic mass is 32.1. The second-order valence-electron chi connectivity index (χ2n) is 3.73. The predicted octanol–water partition coefficient (Wildman–Crippen LogP) is 2.32. The Morgan fingerprint density at radius 3 is 2.71 bits per heavy atom. The Morgan fingerprint density at radius 1 is 1.24 bits per heavy atom. The Bertz CT molecular complexity index is 626. The maximum Gasteiger partial charge on any atom is 0.239 e. The highest BCUT2D eigenvalue weighted by molar-refractivity contribution is 7.12. The maximum atomic E-state index is 12.0. The monoisotopic (exact) mass is 246 g/mol. The number of carbonyl (C=O) groups excluding carboxylic acids is 3. The van der Waals surface area contributed by atoms with E-state index in [4.69, 9.17) is 4.42 Å². The van der Waals surface area contributed by atoms with Crippen molar-refractivity contribution in [1.29, 1.82) is 0 Å². The molecule has 0 aliphatic heterocycles. The van der Waals surface area contributed by atoms with E-state index >= 15 is 0 Å².